The number of amides is 2. The van der Waals surface area contributed by atoms with Crippen molar-refractivity contribution in [2.45, 2.75) is 38.0 Å². The minimum absolute atomic E-state index is 0.0349. The van der Waals surface area contributed by atoms with Crippen molar-refractivity contribution < 1.29 is 19.4 Å². The van der Waals surface area contributed by atoms with Crippen LogP contribution >= 0.6 is 0 Å². The van der Waals surface area contributed by atoms with Crippen LogP contribution in [0.15, 0.2) is 48.5 Å². The number of fused-ring (bicyclic) bond motifs is 1. The lowest BCUT2D eigenvalue weighted by Crippen LogP contribution is -2.47. The summed E-state index contributed by atoms with van der Waals surface area (Å²) in [5, 5.41) is 16.4. The number of carbonyl (C=O) groups excluding carboxylic acids is 2. The van der Waals surface area contributed by atoms with Gasteiger partial charge in [-0.1, -0.05) is 24.3 Å². The quantitative estimate of drug-likeness (QED) is 0.609. The first-order valence-corrected chi connectivity index (χ1v) is 11.3. The molecule has 4 rings (SSSR count). The smallest absolute Gasteiger partial charge is 0.254 e. The summed E-state index contributed by atoms with van der Waals surface area (Å²) in [5.41, 5.74) is 3.73. The highest BCUT2D eigenvalue weighted by Gasteiger charge is 2.25. The number of benzene rings is 2. The Hall–Kier alpha value is -2.74. The van der Waals surface area contributed by atoms with Crippen LogP contribution in [0.3, 0.4) is 0 Å². The van der Waals surface area contributed by atoms with Crippen LogP contribution in [0.1, 0.15) is 38.8 Å². The Labute approximate surface area is 188 Å². The van der Waals surface area contributed by atoms with Gasteiger partial charge < -0.3 is 25.4 Å². The van der Waals surface area contributed by atoms with Gasteiger partial charge >= 0.3 is 0 Å². The van der Waals surface area contributed by atoms with E-state index in [2.05, 4.69) is 34.9 Å². The van der Waals surface area contributed by atoms with E-state index in [1.165, 1.54) is 11.1 Å². The second kappa shape index (κ2) is 10.3. The minimum Gasteiger partial charge on any atom is -0.390 e. The summed E-state index contributed by atoms with van der Waals surface area (Å²) >= 11 is 0. The lowest BCUT2D eigenvalue weighted by molar-refractivity contribution is 0.00359. The molecule has 1 saturated heterocycles. The Kier molecular flexibility index (Phi) is 7.19. The number of carbonyl (C=O) groups is 2. The van der Waals surface area contributed by atoms with E-state index in [1.807, 2.05) is 6.92 Å². The first-order chi connectivity index (χ1) is 15.5. The molecule has 3 N–H and O–H groups in total. The van der Waals surface area contributed by atoms with Crippen LogP contribution in [-0.4, -0.2) is 72.9 Å². The van der Waals surface area contributed by atoms with Crippen molar-refractivity contribution in [3.63, 3.8) is 0 Å². The van der Waals surface area contributed by atoms with Gasteiger partial charge in [0.15, 0.2) is 0 Å². The fraction of sp³-hybridized carbons (Fsp3) is 0.440. The first-order valence-electron chi connectivity index (χ1n) is 11.3. The van der Waals surface area contributed by atoms with Crippen LogP contribution in [0.25, 0.3) is 0 Å². The molecule has 0 spiro atoms. The van der Waals surface area contributed by atoms with Gasteiger partial charge in [0.1, 0.15) is 0 Å². The summed E-state index contributed by atoms with van der Waals surface area (Å²) in [4.78, 5) is 26.9. The molecule has 7 heteroatoms. The Bertz CT molecular complexity index is 921. The summed E-state index contributed by atoms with van der Waals surface area (Å²) < 4.78 is 5.38. The van der Waals surface area contributed by atoms with Crippen LogP contribution in [0.4, 0.5) is 0 Å². The number of hydrogen-bond acceptors (Lipinski definition) is 5. The standard InChI is InChI=1S/C25H31N3O4/c1-17-16-32-11-10-28(17)25(31)19-8-6-18(7-9-19)24(30)27-15-23(29)14-26-22-12-20-4-2-3-5-21(20)13-22/h2-9,17,22-23,26,29H,10-16H2,1H3,(H,27,30). The Morgan fingerprint density at radius 1 is 1.06 bits per heavy atom. The molecule has 2 aromatic rings. The molecule has 170 valence electrons. The molecule has 0 radical (unpaired) electrons. The van der Waals surface area contributed by atoms with Crippen molar-refractivity contribution in [1.82, 2.24) is 15.5 Å². The molecule has 1 aliphatic carbocycles. The topological polar surface area (TPSA) is 90.9 Å². The maximum Gasteiger partial charge on any atom is 0.254 e. The van der Waals surface area contributed by atoms with Gasteiger partial charge in [-0.05, 0) is 55.2 Å². The van der Waals surface area contributed by atoms with Crippen molar-refractivity contribution >= 4 is 11.8 Å². The predicted molar refractivity (Wildman–Crippen MR) is 122 cm³/mol. The summed E-state index contributed by atoms with van der Waals surface area (Å²) in [6.07, 6.45) is 1.25. The molecule has 2 aliphatic rings. The third-order valence-corrected chi connectivity index (χ3v) is 6.21. The van der Waals surface area contributed by atoms with Gasteiger partial charge in [0.2, 0.25) is 0 Å². The van der Waals surface area contributed by atoms with Crippen molar-refractivity contribution in [3.8, 4) is 0 Å². The second-order valence-electron chi connectivity index (χ2n) is 8.65. The normalized spacial score (nSPS) is 19.4. The number of aliphatic hydroxyl groups is 1. The van der Waals surface area contributed by atoms with Gasteiger partial charge in [-0.15, -0.1) is 0 Å². The Morgan fingerprint density at radius 2 is 1.72 bits per heavy atom. The molecule has 2 aromatic carbocycles. The molecular weight excluding hydrogens is 406 g/mol. The number of nitrogens with zero attached hydrogens (tertiary/aromatic N) is 1. The van der Waals surface area contributed by atoms with Crippen LogP contribution in [0.5, 0.6) is 0 Å². The fourth-order valence-corrected chi connectivity index (χ4v) is 4.35. The summed E-state index contributed by atoms with van der Waals surface area (Å²) in [6.45, 7) is 4.20. The van der Waals surface area contributed by atoms with Gasteiger partial charge in [0.05, 0.1) is 25.4 Å². The largest absolute Gasteiger partial charge is 0.390 e. The third-order valence-electron chi connectivity index (χ3n) is 6.21. The van der Waals surface area contributed by atoms with Crippen molar-refractivity contribution in [1.29, 1.82) is 0 Å². The van der Waals surface area contributed by atoms with Crippen molar-refractivity contribution in [2.24, 2.45) is 0 Å². The molecule has 32 heavy (non-hydrogen) atoms. The molecule has 1 heterocycles. The first kappa shape index (κ1) is 22.5. The number of aliphatic hydroxyl groups excluding tert-OH is 1. The van der Waals surface area contributed by atoms with Crippen LogP contribution < -0.4 is 10.6 Å². The maximum atomic E-state index is 12.7. The summed E-state index contributed by atoms with van der Waals surface area (Å²) in [5.74, 6) is -0.320. The zero-order valence-electron chi connectivity index (χ0n) is 18.4. The van der Waals surface area contributed by atoms with Crippen LogP contribution in [0.2, 0.25) is 0 Å². The molecule has 0 bridgehead atoms. The average Bonchev–Trinajstić information content (AvgIpc) is 3.24. The van der Waals surface area contributed by atoms with Gasteiger partial charge in [-0.2, -0.15) is 0 Å². The molecule has 1 aliphatic heterocycles. The molecule has 0 saturated carbocycles. The van der Waals surface area contributed by atoms with E-state index in [0.717, 1.165) is 12.8 Å². The number of rotatable bonds is 7. The van der Waals surface area contributed by atoms with Gasteiger partial charge in [0.25, 0.3) is 11.8 Å². The van der Waals surface area contributed by atoms with E-state index >= 15 is 0 Å². The molecule has 2 unspecified atom stereocenters. The van der Waals surface area contributed by atoms with Crippen LogP contribution in [-0.2, 0) is 17.6 Å². The monoisotopic (exact) mass is 437 g/mol. The lowest BCUT2D eigenvalue weighted by atomic mass is 10.1. The van der Waals surface area contributed by atoms with E-state index in [1.54, 1.807) is 29.2 Å². The highest BCUT2D eigenvalue weighted by atomic mass is 16.5. The molecule has 1 fully saturated rings. The average molecular weight is 438 g/mol. The third kappa shape index (κ3) is 5.35. The van der Waals surface area contributed by atoms with Crippen molar-refractivity contribution in [3.05, 3.63) is 70.8 Å². The summed E-state index contributed by atoms with van der Waals surface area (Å²) in [6, 6.07) is 15.4. The highest BCUT2D eigenvalue weighted by molar-refractivity contribution is 5.98. The summed E-state index contributed by atoms with van der Waals surface area (Å²) in [7, 11) is 0. The van der Waals surface area contributed by atoms with E-state index in [9.17, 15) is 14.7 Å². The number of nitrogens with one attached hydrogen (secondary N) is 2. The van der Waals surface area contributed by atoms with Gasteiger partial charge in [-0.25, -0.2) is 0 Å². The van der Waals surface area contributed by atoms with E-state index in [0.29, 0.717) is 43.5 Å². The van der Waals surface area contributed by atoms with Gasteiger partial charge in [-0.3, -0.25) is 9.59 Å². The van der Waals surface area contributed by atoms with E-state index in [4.69, 9.17) is 4.74 Å². The van der Waals surface area contributed by atoms with E-state index < -0.39 is 6.10 Å². The Morgan fingerprint density at radius 3 is 2.38 bits per heavy atom. The zero-order chi connectivity index (χ0) is 22.5. The number of morpholine rings is 1. The van der Waals surface area contributed by atoms with Gasteiger partial charge in [0, 0.05) is 36.8 Å². The highest BCUT2D eigenvalue weighted by Crippen LogP contribution is 2.21. The predicted octanol–water partition coefficient (Wildman–Crippen LogP) is 1.40. The SMILES string of the molecule is CC1COCCN1C(=O)c1ccc(C(=O)NCC(O)CNC2Cc3ccccc3C2)cc1. The van der Waals surface area contributed by atoms with Crippen LogP contribution in [0, 0.1) is 0 Å². The number of hydrogen-bond donors (Lipinski definition) is 3. The number of ether oxygens (including phenoxy) is 1. The lowest BCUT2D eigenvalue weighted by Gasteiger charge is -2.33. The Balaban J connectivity index is 1.21. The molecule has 7 nitrogen and oxygen atoms in total. The second-order valence-corrected chi connectivity index (χ2v) is 8.65. The maximum absolute atomic E-state index is 12.7. The molecule has 0 aromatic heterocycles. The molecule has 2 atom stereocenters. The van der Waals surface area contributed by atoms with E-state index in [-0.39, 0.29) is 24.4 Å². The molecule has 2 amide bonds. The minimum atomic E-state index is -0.675. The zero-order valence-corrected chi connectivity index (χ0v) is 18.4. The van der Waals surface area contributed by atoms with Crippen molar-refractivity contribution in [2.75, 3.05) is 32.8 Å². The molecular formula is C25H31N3O4. The fourth-order valence-electron chi connectivity index (χ4n) is 4.35.